The van der Waals surface area contributed by atoms with Crippen molar-refractivity contribution in [3.63, 3.8) is 0 Å². The standard InChI is InChI=1S/C9H13N5O3S2/c1-7(4-14-6-10-5-11-14)13-19(15,16)9-3-8(17-2)12-18-9/h3,5-7,13H,4H2,1-2H3. The molecule has 0 bridgehead atoms. The molecule has 2 aromatic heterocycles. The third-order valence-corrected chi connectivity index (χ3v) is 5.04. The Morgan fingerprint density at radius 2 is 2.37 bits per heavy atom. The van der Waals surface area contributed by atoms with Crippen molar-refractivity contribution >= 4 is 21.6 Å². The van der Waals surface area contributed by atoms with Crippen molar-refractivity contribution in [2.45, 2.75) is 23.7 Å². The first-order chi connectivity index (χ1) is 9.01. The minimum atomic E-state index is -3.59. The highest BCUT2D eigenvalue weighted by molar-refractivity contribution is 7.91. The summed E-state index contributed by atoms with van der Waals surface area (Å²) in [5, 5.41) is 3.92. The van der Waals surface area contributed by atoms with Gasteiger partial charge in [0.15, 0.2) is 4.21 Å². The molecule has 0 radical (unpaired) electrons. The number of aromatic nitrogens is 4. The molecule has 104 valence electrons. The lowest BCUT2D eigenvalue weighted by Gasteiger charge is -2.12. The maximum atomic E-state index is 12.1. The van der Waals surface area contributed by atoms with Crippen LogP contribution in [0.4, 0.5) is 0 Å². The van der Waals surface area contributed by atoms with Crippen molar-refractivity contribution < 1.29 is 13.2 Å². The zero-order valence-corrected chi connectivity index (χ0v) is 12.0. The van der Waals surface area contributed by atoms with E-state index in [1.54, 1.807) is 11.6 Å². The van der Waals surface area contributed by atoms with E-state index < -0.39 is 10.0 Å². The van der Waals surface area contributed by atoms with Crippen molar-refractivity contribution in [2.75, 3.05) is 7.11 Å². The van der Waals surface area contributed by atoms with Crippen LogP contribution in [0.3, 0.4) is 0 Å². The Bertz CT molecular complexity index is 622. The monoisotopic (exact) mass is 303 g/mol. The van der Waals surface area contributed by atoms with Gasteiger partial charge >= 0.3 is 0 Å². The molecular weight excluding hydrogens is 290 g/mol. The molecule has 10 heteroatoms. The fraction of sp³-hybridized carbons (Fsp3) is 0.444. The number of nitrogens with zero attached hydrogens (tertiary/aromatic N) is 4. The summed E-state index contributed by atoms with van der Waals surface area (Å²) < 4.78 is 37.1. The molecule has 0 aromatic carbocycles. The van der Waals surface area contributed by atoms with Gasteiger partial charge in [0.25, 0.3) is 10.0 Å². The van der Waals surface area contributed by atoms with E-state index in [1.807, 2.05) is 0 Å². The van der Waals surface area contributed by atoms with Gasteiger partial charge in [-0.25, -0.2) is 18.1 Å². The Kier molecular flexibility index (Phi) is 4.12. The summed E-state index contributed by atoms with van der Waals surface area (Å²) in [6.45, 7) is 2.15. The normalized spacial score (nSPS) is 13.4. The summed E-state index contributed by atoms with van der Waals surface area (Å²) in [4.78, 5) is 3.79. The summed E-state index contributed by atoms with van der Waals surface area (Å²) in [7, 11) is -2.15. The maximum Gasteiger partial charge on any atom is 0.252 e. The van der Waals surface area contributed by atoms with Crippen LogP contribution < -0.4 is 9.46 Å². The molecule has 0 aliphatic rings. The second-order valence-corrected chi connectivity index (χ2v) is 6.57. The number of nitrogens with one attached hydrogen (secondary N) is 1. The Morgan fingerprint density at radius 1 is 1.58 bits per heavy atom. The minimum Gasteiger partial charge on any atom is -0.480 e. The molecule has 0 aliphatic carbocycles. The van der Waals surface area contributed by atoms with E-state index in [4.69, 9.17) is 4.74 Å². The zero-order chi connectivity index (χ0) is 13.9. The van der Waals surface area contributed by atoms with Crippen LogP contribution in [0, 0.1) is 0 Å². The number of methoxy groups -OCH3 is 1. The number of rotatable bonds is 6. The van der Waals surface area contributed by atoms with Crippen LogP contribution in [-0.4, -0.2) is 40.7 Å². The van der Waals surface area contributed by atoms with Gasteiger partial charge in [0.05, 0.1) is 13.7 Å². The fourth-order valence-electron chi connectivity index (χ4n) is 1.43. The maximum absolute atomic E-state index is 12.1. The van der Waals surface area contributed by atoms with Gasteiger partial charge in [-0.15, -0.1) is 0 Å². The molecule has 0 aliphatic heterocycles. The molecule has 2 rings (SSSR count). The predicted molar refractivity (Wildman–Crippen MR) is 68.5 cm³/mol. The molecule has 0 fully saturated rings. The van der Waals surface area contributed by atoms with Crippen LogP contribution in [0.25, 0.3) is 0 Å². The fourth-order valence-corrected chi connectivity index (χ4v) is 3.52. The third-order valence-electron chi connectivity index (χ3n) is 2.22. The molecule has 1 unspecified atom stereocenters. The average molecular weight is 303 g/mol. The topological polar surface area (TPSA) is 99.0 Å². The summed E-state index contributed by atoms with van der Waals surface area (Å²) in [5.41, 5.74) is 0. The zero-order valence-electron chi connectivity index (χ0n) is 10.3. The van der Waals surface area contributed by atoms with Crippen molar-refractivity contribution in [3.05, 3.63) is 18.7 Å². The van der Waals surface area contributed by atoms with Crippen LogP contribution in [0.5, 0.6) is 5.88 Å². The first-order valence-electron chi connectivity index (χ1n) is 5.36. The molecule has 0 amide bonds. The Labute approximate surface area is 114 Å². The second-order valence-electron chi connectivity index (χ2n) is 3.83. The van der Waals surface area contributed by atoms with Crippen molar-refractivity contribution in [1.29, 1.82) is 0 Å². The van der Waals surface area contributed by atoms with Crippen LogP contribution in [-0.2, 0) is 16.6 Å². The molecule has 0 saturated carbocycles. The quantitative estimate of drug-likeness (QED) is 0.813. The molecule has 0 spiro atoms. The summed E-state index contributed by atoms with van der Waals surface area (Å²) in [6, 6.07) is 1.06. The first-order valence-corrected chi connectivity index (χ1v) is 7.62. The van der Waals surface area contributed by atoms with Gasteiger partial charge < -0.3 is 4.74 Å². The van der Waals surface area contributed by atoms with E-state index in [0.29, 0.717) is 6.54 Å². The Hall–Kier alpha value is -1.52. The van der Waals surface area contributed by atoms with Gasteiger partial charge in [-0.05, 0) is 18.5 Å². The van der Waals surface area contributed by atoms with Gasteiger partial charge in [0.2, 0.25) is 5.88 Å². The summed E-state index contributed by atoms with van der Waals surface area (Å²) in [5.74, 6) is 0.286. The lowest BCUT2D eigenvalue weighted by molar-refractivity contribution is 0.402. The van der Waals surface area contributed by atoms with E-state index in [0.717, 1.165) is 11.5 Å². The van der Waals surface area contributed by atoms with Crippen LogP contribution in [0.2, 0.25) is 0 Å². The molecular formula is C9H13N5O3S2. The smallest absolute Gasteiger partial charge is 0.252 e. The second kappa shape index (κ2) is 5.63. The summed E-state index contributed by atoms with van der Waals surface area (Å²) in [6.07, 6.45) is 2.93. The lowest BCUT2D eigenvalue weighted by atomic mass is 10.4. The summed E-state index contributed by atoms with van der Waals surface area (Å²) >= 11 is 0.871. The van der Waals surface area contributed by atoms with Crippen LogP contribution in [0.1, 0.15) is 6.92 Å². The number of hydrogen-bond acceptors (Lipinski definition) is 7. The lowest BCUT2D eigenvalue weighted by Crippen LogP contribution is -2.35. The van der Waals surface area contributed by atoms with E-state index in [-0.39, 0.29) is 16.1 Å². The number of hydrogen-bond donors (Lipinski definition) is 1. The van der Waals surface area contributed by atoms with E-state index in [9.17, 15) is 8.42 Å². The highest BCUT2D eigenvalue weighted by Crippen LogP contribution is 2.21. The molecule has 2 heterocycles. The Balaban J connectivity index is 2.04. The number of ether oxygens (including phenoxy) is 1. The molecule has 1 atom stereocenters. The van der Waals surface area contributed by atoms with E-state index >= 15 is 0 Å². The predicted octanol–water partition coefficient (Wildman–Crippen LogP) is 0.110. The molecule has 2 aromatic rings. The van der Waals surface area contributed by atoms with E-state index in [1.165, 1.54) is 25.8 Å². The van der Waals surface area contributed by atoms with E-state index in [2.05, 4.69) is 19.2 Å². The minimum absolute atomic E-state index is 0.120. The third kappa shape index (κ3) is 3.49. The van der Waals surface area contributed by atoms with Crippen molar-refractivity contribution in [2.24, 2.45) is 0 Å². The first kappa shape index (κ1) is 13.9. The number of sulfonamides is 1. The largest absolute Gasteiger partial charge is 0.480 e. The van der Waals surface area contributed by atoms with Gasteiger partial charge in [-0.3, -0.25) is 4.68 Å². The van der Waals surface area contributed by atoms with Crippen molar-refractivity contribution in [1.82, 2.24) is 23.9 Å². The highest BCUT2D eigenvalue weighted by atomic mass is 32.2. The average Bonchev–Trinajstić information content (AvgIpc) is 2.97. The van der Waals surface area contributed by atoms with Gasteiger partial charge in [-0.1, -0.05) is 0 Å². The van der Waals surface area contributed by atoms with Gasteiger partial charge in [-0.2, -0.15) is 9.47 Å². The molecule has 1 N–H and O–H groups in total. The SMILES string of the molecule is COc1cc(S(=O)(=O)NC(C)Cn2cncn2)sn1. The van der Waals surface area contributed by atoms with Crippen LogP contribution in [0.15, 0.2) is 22.9 Å². The molecule has 0 saturated heterocycles. The highest BCUT2D eigenvalue weighted by Gasteiger charge is 2.21. The van der Waals surface area contributed by atoms with Gasteiger partial charge in [0, 0.05) is 12.1 Å². The van der Waals surface area contributed by atoms with Gasteiger partial charge in [0.1, 0.15) is 12.7 Å². The Morgan fingerprint density at radius 3 is 2.95 bits per heavy atom. The van der Waals surface area contributed by atoms with Crippen LogP contribution >= 0.6 is 11.5 Å². The molecule has 8 nitrogen and oxygen atoms in total. The molecule has 19 heavy (non-hydrogen) atoms. The van der Waals surface area contributed by atoms with Crippen molar-refractivity contribution in [3.8, 4) is 5.88 Å².